The van der Waals surface area contributed by atoms with Crippen molar-refractivity contribution in [3.8, 4) is 0 Å². The lowest BCUT2D eigenvalue weighted by atomic mass is 9.44. The lowest BCUT2D eigenvalue weighted by Crippen LogP contribution is -2.54. The first kappa shape index (κ1) is 23.8. The zero-order valence-electron chi connectivity index (χ0n) is 21.5. The summed E-state index contributed by atoms with van der Waals surface area (Å²) in [5.41, 5.74) is 1.36. The molecule has 0 radical (unpaired) electrons. The molecule has 0 aliphatic heterocycles. The molecule has 2 heteroatoms. The van der Waals surface area contributed by atoms with Gasteiger partial charge in [0.05, 0.1) is 11.2 Å². The first-order valence-corrected chi connectivity index (χ1v) is 13.5. The van der Waals surface area contributed by atoms with E-state index in [-0.39, 0.29) is 0 Å². The second-order valence-corrected chi connectivity index (χ2v) is 13.6. The van der Waals surface area contributed by atoms with E-state index >= 15 is 0 Å². The van der Waals surface area contributed by atoms with Crippen LogP contribution < -0.4 is 0 Å². The van der Waals surface area contributed by atoms with Crippen LogP contribution >= 0.6 is 0 Å². The molecule has 0 amide bonds. The third-order valence-electron chi connectivity index (χ3n) is 11.2. The Morgan fingerprint density at radius 2 is 1.81 bits per heavy atom. The van der Waals surface area contributed by atoms with Gasteiger partial charge in [-0.15, -0.1) is 0 Å². The van der Waals surface area contributed by atoms with Crippen LogP contribution in [0.1, 0.15) is 113 Å². The van der Waals surface area contributed by atoms with Crippen LogP contribution in [0.2, 0.25) is 0 Å². The minimum Gasteiger partial charge on any atom is -0.390 e. The van der Waals surface area contributed by atoms with Gasteiger partial charge in [-0.25, -0.2) is 0 Å². The Kier molecular flexibility index (Phi) is 6.04. The monoisotopic (exact) mass is 430 g/mol. The third kappa shape index (κ3) is 3.96. The number of fused-ring (bicyclic) bond motifs is 5. The zero-order valence-corrected chi connectivity index (χ0v) is 21.5. The van der Waals surface area contributed by atoms with Crippen molar-refractivity contribution < 1.29 is 10.2 Å². The maximum Gasteiger partial charge on any atom is 0.0682 e. The van der Waals surface area contributed by atoms with Gasteiger partial charge in [-0.3, -0.25) is 0 Å². The highest BCUT2D eigenvalue weighted by Gasteiger charge is 2.61. The normalized spacial score (nSPS) is 48.4. The van der Waals surface area contributed by atoms with E-state index in [4.69, 9.17) is 0 Å². The number of hydrogen-bond acceptors (Lipinski definition) is 2. The van der Waals surface area contributed by atoms with Crippen molar-refractivity contribution in [3.63, 3.8) is 0 Å². The molecule has 3 fully saturated rings. The van der Waals surface area contributed by atoms with Crippen molar-refractivity contribution in [1.29, 1.82) is 0 Å². The first-order valence-electron chi connectivity index (χ1n) is 13.5. The molecule has 9 atom stereocenters. The molecule has 2 nitrogen and oxygen atoms in total. The van der Waals surface area contributed by atoms with Crippen molar-refractivity contribution in [2.45, 2.75) is 124 Å². The molecular weight excluding hydrogens is 380 g/mol. The van der Waals surface area contributed by atoms with E-state index in [2.05, 4.69) is 40.7 Å². The van der Waals surface area contributed by atoms with E-state index in [1.807, 2.05) is 13.8 Å². The van der Waals surface area contributed by atoms with Crippen molar-refractivity contribution in [2.24, 2.45) is 46.3 Å². The lowest BCUT2D eigenvalue weighted by Gasteiger charge is -2.61. The number of rotatable bonds is 5. The van der Waals surface area contributed by atoms with Crippen molar-refractivity contribution in [1.82, 2.24) is 0 Å². The smallest absolute Gasteiger partial charge is 0.0682 e. The molecule has 1 unspecified atom stereocenters. The highest BCUT2D eigenvalue weighted by atomic mass is 16.3. The quantitative estimate of drug-likeness (QED) is 0.455. The SMILES string of the molecule is CC[C@]1(O)CC[C@@]2(C)C(=C[C@@H](C)[C@@H]3[C@@H]2CC[C@]2(C)C([C@H](C)CCC(C)(C)O)CC[C@@H]32)C1. The van der Waals surface area contributed by atoms with Crippen LogP contribution in [0.25, 0.3) is 0 Å². The average Bonchev–Trinajstić information content (AvgIpc) is 3.04. The van der Waals surface area contributed by atoms with Gasteiger partial charge < -0.3 is 10.2 Å². The topological polar surface area (TPSA) is 40.5 Å². The van der Waals surface area contributed by atoms with Crippen LogP contribution in [0.15, 0.2) is 11.6 Å². The molecule has 4 aliphatic carbocycles. The summed E-state index contributed by atoms with van der Waals surface area (Å²) in [6.45, 7) is 16.2. The summed E-state index contributed by atoms with van der Waals surface area (Å²) in [4.78, 5) is 0. The Morgan fingerprint density at radius 1 is 1.10 bits per heavy atom. The molecule has 31 heavy (non-hydrogen) atoms. The van der Waals surface area contributed by atoms with Crippen LogP contribution in [0, 0.1) is 46.3 Å². The number of hydrogen-bond donors (Lipinski definition) is 2. The molecular formula is C29H50O2. The summed E-state index contributed by atoms with van der Waals surface area (Å²) >= 11 is 0. The van der Waals surface area contributed by atoms with E-state index in [0.29, 0.717) is 22.7 Å². The zero-order chi connectivity index (χ0) is 22.8. The van der Waals surface area contributed by atoms with E-state index in [1.165, 1.54) is 32.1 Å². The van der Waals surface area contributed by atoms with E-state index in [0.717, 1.165) is 55.8 Å². The Labute approximate surface area is 192 Å². The lowest BCUT2D eigenvalue weighted by molar-refractivity contribution is -0.0885. The fourth-order valence-electron chi connectivity index (χ4n) is 9.13. The molecule has 0 heterocycles. The Balaban J connectivity index is 1.57. The van der Waals surface area contributed by atoms with Gasteiger partial charge in [0.1, 0.15) is 0 Å². The van der Waals surface area contributed by atoms with Crippen LogP contribution in [0.4, 0.5) is 0 Å². The minimum atomic E-state index is -0.542. The highest BCUT2D eigenvalue weighted by Crippen LogP contribution is 2.68. The third-order valence-corrected chi connectivity index (χ3v) is 11.2. The van der Waals surface area contributed by atoms with Gasteiger partial charge in [0.2, 0.25) is 0 Å². The van der Waals surface area contributed by atoms with E-state index < -0.39 is 11.2 Å². The Bertz CT molecular complexity index is 704. The summed E-state index contributed by atoms with van der Waals surface area (Å²) in [5.74, 6) is 4.61. The summed E-state index contributed by atoms with van der Waals surface area (Å²) < 4.78 is 0. The molecule has 0 bridgehead atoms. The predicted molar refractivity (Wildman–Crippen MR) is 130 cm³/mol. The van der Waals surface area contributed by atoms with Gasteiger partial charge >= 0.3 is 0 Å². The van der Waals surface area contributed by atoms with E-state index in [1.54, 1.807) is 5.57 Å². The van der Waals surface area contributed by atoms with Crippen LogP contribution in [-0.4, -0.2) is 21.4 Å². The highest BCUT2D eigenvalue weighted by molar-refractivity contribution is 5.28. The molecule has 2 N–H and O–H groups in total. The standard InChI is InChI=1S/C29H50O2/c1-8-29(31)16-15-27(6)21(18-29)17-20(3)25-23-10-9-22(19(2)11-13-26(4,5)30)28(23,7)14-12-24(25)27/h17,19-20,22-25,30-31H,8-16,18H2,1-7H3/t19-,20-,22?,23+,24+,25+,27+,28-,29+/m1/s1. The van der Waals surface area contributed by atoms with Crippen molar-refractivity contribution in [3.05, 3.63) is 11.6 Å². The second kappa shape index (κ2) is 7.86. The summed E-state index contributed by atoms with van der Waals surface area (Å²) in [6, 6.07) is 0. The van der Waals surface area contributed by atoms with Crippen LogP contribution in [0.3, 0.4) is 0 Å². The molecule has 3 saturated carbocycles. The van der Waals surface area contributed by atoms with Gasteiger partial charge in [0, 0.05) is 0 Å². The molecule has 0 saturated heterocycles. The molecule has 0 aromatic heterocycles. The summed E-state index contributed by atoms with van der Waals surface area (Å²) in [5, 5.41) is 21.3. The second-order valence-electron chi connectivity index (χ2n) is 13.6. The van der Waals surface area contributed by atoms with Gasteiger partial charge in [0.15, 0.2) is 0 Å². The molecule has 0 spiro atoms. The van der Waals surface area contributed by atoms with Gasteiger partial charge in [0.25, 0.3) is 0 Å². The van der Waals surface area contributed by atoms with Crippen LogP contribution in [0.5, 0.6) is 0 Å². The minimum absolute atomic E-state index is 0.310. The Hall–Kier alpha value is -0.340. The van der Waals surface area contributed by atoms with Crippen LogP contribution in [-0.2, 0) is 0 Å². The van der Waals surface area contributed by atoms with E-state index in [9.17, 15) is 10.2 Å². The fraction of sp³-hybridized carbons (Fsp3) is 0.931. The molecule has 4 aliphatic rings. The maximum atomic E-state index is 11.1. The van der Waals surface area contributed by atoms with Crippen molar-refractivity contribution in [2.75, 3.05) is 0 Å². The summed E-state index contributed by atoms with van der Waals surface area (Å²) in [6.07, 6.45) is 14.2. The Morgan fingerprint density at radius 3 is 2.45 bits per heavy atom. The molecule has 178 valence electrons. The van der Waals surface area contributed by atoms with Gasteiger partial charge in [-0.1, -0.05) is 46.3 Å². The molecule has 0 aromatic rings. The number of allylic oxidation sites excluding steroid dienone is 1. The molecule has 4 rings (SSSR count). The van der Waals surface area contributed by atoms with Crippen molar-refractivity contribution >= 4 is 0 Å². The van der Waals surface area contributed by atoms with Gasteiger partial charge in [-0.2, -0.15) is 0 Å². The first-order chi connectivity index (χ1) is 14.3. The fourth-order valence-corrected chi connectivity index (χ4v) is 9.13. The maximum absolute atomic E-state index is 11.1. The predicted octanol–water partition coefficient (Wildman–Crippen LogP) is 7.14. The summed E-state index contributed by atoms with van der Waals surface area (Å²) in [7, 11) is 0. The number of aliphatic hydroxyl groups is 2. The van der Waals surface area contributed by atoms with Gasteiger partial charge in [-0.05, 0) is 124 Å². The average molecular weight is 431 g/mol. The molecule has 0 aromatic carbocycles. The largest absolute Gasteiger partial charge is 0.390 e.